The summed E-state index contributed by atoms with van der Waals surface area (Å²) >= 11 is 0. The third kappa shape index (κ3) is 3.98. The Bertz CT molecular complexity index is 1040. The maximum Gasteiger partial charge on any atom is 0.229 e. The molecule has 0 aliphatic heterocycles. The molecule has 7 heteroatoms. The van der Waals surface area contributed by atoms with Crippen molar-refractivity contribution in [1.82, 2.24) is 20.2 Å². The van der Waals surface area contributed by atoms with Gasteiger partial charge < -0.3 is 15.4 Å². The van der Waals surface area contributed by atoms with E-state index in [1.807, 2.05) is 62.4 Å². The second-order valence-corrected chi connectivity index (χ2v) is 6.34. The standard InChI is InChI=1S/C20H20N6O/c1-13(2)27-15-8-6-14(7-9-15)23-20-21-11-10-19(25-20)24-17-4-3-5-18-16(17)12-22-26-18/h3-13H,1-2H3,(H,22,26)(H2,21,23,24,25). The maximum atomic E-state index is 5.66. The van der Waals surface area contributed by atoms with Crippen molar-refractivity contribution in [1.29, 1.82) is 0 Å². The van der Waals surface area contributed by atoms with Crippen molar-refractivity contribution in [2.24, 2.45) is 0 Å². The zero-order valence-corrected chi connectivity index (χ0v) is 15.1. The summed E-state index contributed by atoms with van der Waals surface area (Å²) in [5.41, 5.74) is 2.79. The predicted octanol–water partition coefficient (Wildman–Crippen LogP) is 4.63. The first-order chi connectivity index (χ1) is 13.2. The molecule has 0 fully saturated rings. The van der Waals surface area contributed by atoms with Gasteiger partial charge in [0.1, 0.15) is 11.6 Å². The molecule has 0 bridgehead atoms. The Hall–Kier alpha value is -3.61. The number of aromatic nitrogens is 4. The van der Waals surface area contributed by atoms with Gasteiger partial charge in [-0.05, 0) is 56.3 Å². The van der Waals surface area contributed by atoms with Gasteiger partial charge in [0.05, 0.1) is 23.5 Å². The normalized spacial score (nSPS) is 10.9. The fourth-order valence-corrected chi connectivity index (χ4v) is 2.72. The molecule has 0 radical (unpaired) electrons. The van der Waals surface area contributed by atoms with Crippen LogP contribution in [0.2, 0.25) is 0 Å². The van der Waals surface area contributed by atoms with Gasteiger partial charge in [-0.2, -0.15) is 10.1 Å². The minimum absolute atomic E-state index is 0.148. The van der Waals surface area contributed by atoms with Crippen LogP contribution >= 0.6 is 0 Å². The highest BCUT2D eigenvalue weighted by Gasteiger charge is 2.05. The van der Waals surface area contributed by atoms with Crippen molar-refractivity contribution in [2.45, 2.75) is 20.0 Å². The molecule has 4 rings (SSSR count). The summed E-state index contributed by atoms with van der Waals surface area (Å²) in [5, 5.41) is 14.6. The lowest BCUT2D eigenvalue weighted by Crippen LogP contribution is -2.05. The first-order valence-corrected chi connectivity index (χ1v) is 8.73. The number of benzene rings is 2. The second-order valence-electron chi connectivity index (χ2n) is 6.34. The van der Waals surface area contributed by atoms with E-state index in [-0.39, 0.29) is 6.10 Å². The van der Waals surface area contributed by atoms with Crippen LogP contribution in [0, 0.1) is 0 Å². The summed E-state index contributed by atoms with van der Waals surface area (Å²) in [6.45, 7) is 4.01. The van der Waals surface area contributed by atoms with Crippen LogP contribution in [0.4, 0.5) is 23.1 Å². The van der Waals surface area contributed by atoms with Crippen LogP contribution in [-0.2, 0) is 0 Å². The van der Waals surface area contributed by atoms with Gasteiger partial charge in [0.25, 0.3) is 0 Å². The van der Waals surface area contributed by atoms with Gasteiger partial charge in [-0.1, -0.05) is 6.07 Å². The first-order valence-electron chi connectivity index (χ1n) is 8.73. The van der Waals surface area contributed by atoms with Crippen molar-refractivity contribution >= 4 is 34.0 Å². The molecule has 2 aromatic heterocycles. The highest BCUT2D eigenvalue weighted by atomic mass is 16.5. The van der Waals surface area contributed by atoms with E-state index in [1.54, 1.807) is 12.4 Å². The van der Waals surface area contributed by atoms with Crippen molar-refractivity contribution in [3.63, 3.8) is 0 Å². The Morgan fingerprint density at radius 1 is 1.00 bits per heavy atom. The number of nitrogens with one attached hydrogen (secondary N) is 3. The van der Waals surface area contributed by atoms with E-state index in [1.165, 1.54) is 0 Å². The second kappa shape index (κ2) is 7.33. The van der Waals surface area contributed by atoms with Crippen LogP contribution in [0.1, 0.15) is 13.8 Å². The van der Waals surface area contributed by atoms with Gasteiger partial charge in [0.15, 0.2) is 0 Å². The number of aromatic amines is 1. The summed E-state index contributed by atoms with van der Waals surface area (Å²) in [7, 11) is 0. The summed E-state index contributed by atoms with van der Waals surface area (Å²) in [6.07, 6.45) is 3.65. The lowest BCUT2D eigenvalue weighted by Gasteiger charge is -2.11. The number of hydrogen-bond acceptors (Lipinski definition) is 6. The quantitative estimate of drug-likeness (QED) is 0.465. The van der Waals surface area contributed by atoms with Gasteiger partial charge in [0, 0.05) is 17.3 Å². The summed E-state index contributed by atoms with van der Waals surface area (Å²) < 4.78 is 5.66. The molecule has 0 saturated carbocycles. The van der Waals surface area contributed by atoms with Crippen LogP contribution in [0.3, 0.4) is 0 Å². The van der Waals surface area contributed by atoms with Gasteiger partial charge >= 0.3 is 0 Å². The fourth-order valence-electron chi connectivity index (χ4n) is 2.72. The van der Waals surface area contributed by atoms with E-state index < -0.39 is 0 Å². The zero-order valence-electron chi connectivity index (χ0n) is 15.1. The number of anilines is 4. The largest absolute Gasteiger partial charge is 0.491 e. The Kier molecular flexibility index (Phi) is 4.57. The van der Waals surface area contributed by atoms with Crippen LogP contribution in [-0.4, -0.2) is 26.3 Å². The topological polar surface area (TPSA) is 87.8 Å². The predicted molar refractivity (Wildman–Crippen MR) is 107 cm³/mol. The number of H-pyrrole nitrogens is 1. The minimum Gasteiger partial charge on any atom is -0.491 e. The Balaban J connectivity index is 1.50. The number of ether oxygens (including phenoxy) is 1. The molecule has 0 spiro atoms. The summed E-state index contributed by atoms with van der Waals surface area (Å²) in [5.74, 6) is 2.04. The molecule has 0 saturated heterocycles. The van der Waals surface area contributed by atoms with Crippen LogP contribution in [0.5, 0.6) is 5.75 Å². The smallest absolute Gasteiger partial charge is 0.229 e. The maximum absolute atomic E-state index is 5.66. The van der Waals surface area contributed by atoms with Gasteiger partial charge in [-0.15, -0.1) is 0 Å². The summed E-state index contributed by atoms with van der Waals surface area (Å²) in [4.78, 5) is 8.82. The molecule has 4 aromatic rings. The average molecular weight is 360 g/mol. The van der Waals surface area contributed by atoms with E-state index in [0.717, 1.165) is 28.0 Å². The zero-order chi connectivity index (χ0) is 18.6. The van der Waals surface area contributed by atoms with Crippen molar-refractivity contribution in [2.75, 3.05) is 10.6 Å². The van der Waals surface area contributed by atoms with Crippen molar-refractivity contribution < 1.29 is 4.74 Å². The highest BCUT2D eigenvalue weighted by Crippen LogP contribution is 2.25. The Morgan fingerprint density at radius 2 is 1.85 bits per heavy atom. The molecular weight excluding hydrogens is 340 g/mol. The van der Waals surface area contributed by atoms with E-state index in [2.05, 4.69) is 30.8 Å². The Labute approximate surface area is 156 Å². The van der Waals surface area contributed by atoms with E-state index >= 15 is 0 Å². The van der Waals surface area contributed by atoms with E-state index in [9.17, 15) is 0 Å². The molecule has 7 nitrogen and oxygen atoms in total. The SMILES string of the molecule is CC(C)Oc1ccc(Nc2nccc(Nc3cccc4[nH]ncc34)n2)cc1. The van der Waals surface area contributed by atoms with Crippen molar-refractivity contribution in [3.8, 4) is 5.75 Å². The summed E-state index contributed by atoms with van der Waals surface area (Å²) in [6, 6.07) is 15.5. The third-order valence-electron chi connectivity index (χ3n) is 3.89. The van der Waals surface area contributed by atoms with E-state index in [4.69, 9.17) is 4.74 Å². The van der Waals surface area contributed by atoms with Crippen LogP contribution in [0.15, 0.2) is 60.9 Å². The molecule has 136 valence electrons. The van der Waals surface area contributed by atoms with Crippen LogP contribution in [0.25, 0.3) is 10.9 Å². The third-order valence-corrected chi connectivity index (χ3v) is 3.89. The molecule has 0 unspecified atom stereocenters. The molecule has 0 aliphatic carbocycles. The first kappa shape index (κ1) is 16.8. The lowest BCUT2D eigenvalue weighted by atomic mass is 10.2. The minimum atomic E-state index is 0.148. The number of rotatable bonds is 6. The monoisotopic (exact) mass is 360 g/mol. The molecule has 0 amide bonds. The lowest BCUT2D eigenvalue weighted by molar-refractivity contribution is 0.242. The number of nitrogens with zero attached hydrogens (tertiary/aromatic N) is 3. The van der Waals surface area contributed by atoms with E-state index in [0.29, 0.717) is 11.8 Å². The number of fused-ring (bicyclic) bond motifs is 1. The molecule has 2 heterocycles. The molecule has 27 heavy (non-hydrogen) atoms. The number of hydrogen-bond donors (Lipinski definition) is 3. The molecule has 2 aromatic carbocycles. The van der Waals surface area contributed by atoms with Gasteiger partial charge in [0.2, 0.25) is 5.95 Å². The average Bonchev–Trinajstić information content (AvgIpc) is 3.13. The van der Waals surface area contributed by atoms with Gasteiger partial charge in [-0.25, -0.2) is 4.98 Å². The molecule has 3 N–H and O–H groups in total. The highest BCUT2D eigenvalue weighted by molar-refractivity contribution is 5.92. The van der Waals surface area contributed by atoms with Gasteiger partial charge in [-0.3, -0.25) is 5.10 Å². The molecule has 0 atom stereocenters. The Morgan fingerprint density at radius 3 is 2.67 bits per heavy atom. The fraction of sp³-hybridized carbons (Fsp3) is 0.150. The molecular formula is C20H20N6O. The van der Waals surface area contributed by atoms with Crippen molar-refractivity contribution in [3.05, 3.63) is 60.9 Å². The molecule has 0 aliphatic rings. The van der Waals surface area contributed by atoms with Crippen LogP contribution < -0.4 is 15.4 Å².